The second-order valence-electron chi connectivity index (χ2n) is 4.05. The Kier molecular flexibility index (Phi) is 5.72. The van der Waals surface area contributed by atoms with Gasteiger partial charge in [-0.15, -0.1) is 23.5 Å². The third-order valence-electron chi connectivity index (χ3n) is 2.95. The maximum Gasteiger partial charge on any atom is 0.0655 e. The Hall–Kier alpha value is 0.660. The molecular weight excluding hydrogens is 210 g/mol. The van der Waals surface area contributed by atoms with E-state index in [0.29, 0.717) is 6.04 Å². The van der Waals surface area contributed by atoms with E-state index in [0.717, 1.165) is 16.5 Å². The fourth-order valence-corrected chi connectivity index (χ4v) is 4.68. The van der Waals surface area contributed by atoms with Crippen molar-refractivity contribution < 1.29 is 0 Å². The lowest BCUT2D eigenvalue weighted by Crippen LogP contribution is -2.34. The molecule has 1 saturated heterocycles. The highest BCUT2D eigenvalue weighted by molar-refractivity contribution is 8.17. The highest BCUT2D eigenvalue weighted by Crippen LogP contribution is 2.33. The van der Waals surface area contributed by atoms with Crippen molar-refractivity contribution in [3.63, 3.8) is 0 Å². The van der Waals surface area contributed by atoms with E-state index in [9.17, 15) is 0 Å². The molecule has 1 aliphatic rings. The minimum absolute atomic E-state index is 0.706. The molecule has 1 aliphatic heterocycles. The van der Waals surface area contributed by atoms with Crippen molar-refractivity contribution in [1.82, 2.24) is 5.32 Å². The van der Waals surface area contributed by atoms with Crippen molar-refractivity contribution in [2.24, 2.45) is 5.92 Å². The van der Waals surface area contributed by atoms with Gasteiger partial charge in [0, 0.05) is 12.1 Å². The van der Waals surface area contributed by atoms with Crippen LogP contribution in [-0.4, -0.2) is 28.2 Å². The summed E-state index contributed by atoms with van der Waals surface area (Å²) < 4.78 is 0.761. The summed E-state index contributed by atoms with van der Waals surface area (Å²) in [4.78, 5) is 0. The van der Waals surface area contributed by atoms with Crippen LogP contribution in [0.5, 0.6) is 0 Å². The highest BCUT2D eigenvalue weighted by atomic mass is 32.2. The lowest BCUT2D eigenvalue weighted by Gasteiger charge is -2.22. The van der Waals surface area contributed by atoms with Gasteiger partial charge in [0.1, 0.15) is 0 Å². The average molecular weight is 233 g/mol. The number of nitrogens with one attached hydrogen (secondary N) is 1. The quantitative estimate of drug-likeness (QED) is 0.732. The van der Waals surface area contributed by atoms with Gasteiger partial charge in [0.15, 0.2) is 0 Å². The molecule has 14 heavy (non-hydrogen) atoms. The van der Waals surface area contributed by atoms with Crippen molar-refractivity contribution in [1.29, 1.82) is 0 Å². The predicted molar refractivity (Wildman–Crippen MR) is 70.2 cm³/mol. The van der Waals surface area contributed by atoms with Crippen LogP contribution in [-0.2, 0) is 0 Å². The molecule has 1 nitrogen and oxygen atoms in total. The molecule has 2 unspecified atom stereocenters. The van der Waals surface area contributed by atoms with E-state index < -0.39 is 0 Å². The van der Waals surface area contributed by atoms with Gasteiger partial charge >= 0.3 is 0 Å². The van der Waals surface area contributed by atoms with Crippen molar-refractivity contribution in [3.05, 3.63) is 0 Å². The van der Waals surface area contributed by atoms with Gasteiger partial charge in [-0.25, -0.2) is 0 Å². The summed E-state index contributed by atoms with van der Waals surface area (Å²) in [5.41, 5.74) is 0. The Bertz CT molecular complexity index is 147. The fourth-order valence-electron chi connectivity index (χ4n) is 1.97. The van der Waals surface area contributed by atoms with Crippen LogP contribution >= 0.6 is 23.5 Å². The van der Waals surface area contributed by atoms with Gasteiger partial charge in [0.2, 0.25) is 0 Å². The van der Waals surface area contributed by atoms with E-state index in [1.807, 2.05) is 0 Å². The highest BCUT2D eigenvalue weighted by Gasteiger charge is 2.32. The van der Waals surface area contributed by atoms with Crippen molar-refractivity contribution in [2.75, 3.05) is 11.5 Å². The van der Waals surface area contributed by atoms with Crippen LogP contribution in [0.2, 0.25) is 0 Å². The number of thioether (sulfide) groups is 2. The SMILES string of the molecule is CCSC(SCC)[C@@H]1CC(C)C(C)N1. The molecule has 84 valence electrons. The Balaban J connectivity index is 2.43. The molecule has 1 rings (SSSR count). The normalized spacial score (nSPS) is 32.8. The Morgan fingerprint density at radius 1 is 1.21 bits per heavy atom. The Morgan fingerprint density at radius 2 is 1.79 bits per heavy atom. The van der Waals surface area contributed by atoms with E-state index >= 15 is 0 Å². The fraction of sp³-hybridized carbons (Fsp3) is 1.00. The minimum Gasteiger partial charge on any atom is -0.309 e. The van der Waals surface area contributed by atoms with E-state index in [1.54, 1.807) is 0 Å². The first kappa shape index (κ1) is 12.7. The first-order chi connectivity index (χ1) is 6.69. The van der Waals surface area contributed by atoms with Gasteiger partial charge in [-0.2, -0.15) is 0 Å². The summed E-state index contributed by atoms with van der Waals surface area (Å²) in [5.74, 6) is 3.31. The van der Waals surface area contributed by atoms with Crippen LogP contribution in [0.15, 0.2) is 0 Å². The summed E-state index contributed by atoms with van der Waals surface area (Å²) in [6.07, 6.45) is 1.35. The average Bonchev–Trinajstić information content (AvgIpc) is 2.47. The molecule has 0 spiro atoms. The van der Waals surface area contributed by atoms with Gasteiger partial charge < -0.3 is 5.32 Å². The van der Waals surface area contributed by atoms with E-state index in [4.69, 9.17) is 0 Å². The van der Waals surface area contributed by atoms with Crippen LogP contribution in [0.25, 0.3) is 0 Å². The molecule has 1 heterocycles. The van der Waals surface area contributed by atoms with Crippen LogP contribution in [0.3, 0.4) is 0 Å². The van der Waals surface area contributed by atoms with E-state index in [-0.39, 0.29) is 0 Å². The van der Waals surface area contributed by atoms with Gasteiger partial charge in [-0.3, -0.25) is 0 Å². The lowest BCUT2D eigenvalue weighted by molar-refractivity contribution is 0.517. The van der Waals surface area contributed by atoms with Gasteiger partial charge in [0.25, 0.3) is 0 Å². The largest absolute Gasteiger partial charge is 0.309 e. The maximum atomic E-state index is 3.73. The smallest absolute Gasteiger partial charge is 0.0655 e. The summed E-state index contributed by atoms with van der Waals surface area (Å²) in [6, 6.07) is 1.44. The maximum absolute atomic E-state index is 3.73. The summed E-state index contributed by atoms with van der Waals surface area (Å²) in [6.45, 7) is 9.20. The zero-order chi connectivity index (χ0) is 10.6. The molecule has 0 saturated carbocycles. The lowest BCUT2D eigenvalue weighted by atomic mass is 10.0. The van der Waals surface area contributed by atoms with Crippen molar-refractivity contribution in [3.8, 4) is 0 Å². The number of hydrogen-bond acceptors (Lipinski definition) is 3. The molecular formula is C11H23NS2. The zero-order valence-corrected chi connectivity index (χ0v) is 11.4. The van der Waals surface area contributed by atoms with Gasteiger partial charge in [0.05, 0.1) is 4.58 Å². The van der Waals surface area contributed by atoms with Gasteiger partial charge in [-0.1, -0.05) is 20.8 Å². The topological polar surface area (TPSA) is 12.0 Å². The molecule has 3 heteroatoms. The number of hydrogen-bond donors (Lipinski definition) is 1. The molecule has 1 fully saturated rings. The first-order valence-electron chi connectivity index (χ1n) is 5.68. The van der Waals surface area contributed by atoms with Crippen LogP contribution < -0.4 is 5.32 Å². The van der Waals surface area contributed by atoms with E-state index in [2.05, 4.69) is 56.5 Å². The Labute approximate surface area is 97.2 Å². The summed E-state index contributed by atoms with van der Waals surface area (Å²) in [5, 5.41) is 3.73. The molecule has 0 amide bonds. The van der Waals surface area contributed by atoms with Crippen LogP contribution in [0.4, 0.5) is 0 Å². The third kappa shape index (κ3) is 3.35. The third-order valence-corrected chi connectivity index (χ3v) is 5.74. The second kappa shape index (κ2) is 6.29. The van der Waals surface area contributed by atoms with E-state index in [1.165, 1.54) is 17.9 Å². The zero-order valence-electron chi connectivity index (χ0n) is 9.75. The molecule has 0 aliphatic carbocycles. The van der Waals surface area contributed by atoms with Crippen molar-refractivity contribution in [2.45, 2.75) is 50.8 Å². The van der Waals surface area contributed by atoms with Crippen LogP contribution in [0, 0.1) is 5.92 Å². The summed E-state index contributed by atoms with van der Waals surface area (Å²) in [7, 11) is 0. The molecule has 0 aromatic rings. The van der Waals surface area contributed by atoms with Crippen LogP contribution in [0.1, 0.15) is 34.1 Å². The monoisotopic (exact) mass is 233 g/mol. The van der Waals surface area contributed by atoms with Gasteiger partial charge in [-0.05, 0) is 30.8 Å². The molecule has 3 atom stereocenters. The Morgan fingerprint density at radius 3 is 2.14 bits per heavy atom. The molecule has 0 aromatic carbocycles. The molecule has 0 bridgehead atoms. The molecule has 1 N–H and O–H groups in total. The standard InChI is InChI=1S/C11H23NS2/c1-5-13-11(14-6-2)10-7-8(3)9(4)12-10/h8-12H,5-7H2,1-4H3/t8?,9?,10-/m0/s1. The van der Waals surface area contributed by atoms with Crippen molar-refractivity contribution >= 4 is 23.5 Å². The minimum atomic E-state index is 0.706. The predicted octanol–water partition coefficient (Wildman–Crippen LogP) is 3.21. The molecule has 0 radical (unpaired) electrons. The molecule has 0 aromatic heterocycles. The first-order valence-corrected chi connectivity index (χ1v) is 7.78. The number of rotatable bonds is 5. The second-order valence-corrected chi connectivity index (χ2v) is 7.19. The summed E-state index contributed by atoms with van der Waals surface area (Å²) >= 11 is 4.21.